The molecule has 52 heavy (non-hydrogen) atoms. The molecule has 0 aliphatic rings. The zero-order valence-corrected chi connectivity index (χ0v) is 28.4. The highest BCUT2D eigenvalue weighted by Crippen LogP contribution is 2.39. The van der Waals surface area contributed by atoms with Gasteiger partial charge in [0, 0.05) is 32.6 Å². The van der Waals surface area contributed by atoms with E-state index in [0.29, 0.717) is 0 Å². The molecule has 9 aromatic carbocycles. The fraction of sp³-hybridized carbons (Fsp3) is 0. The molecule has 0 saturated carbocycles. The Morgan fingerprint density at radius 2 is 0.769 bits per heavy atom. The van der Waals surface area contributed by atoms with Gasteiger partial charge in [-0.15, -0.1) is 0 Å². The van der Waals surface area contributed by atoms with E-state index in [9.17, 15) is 0 Å². The van der Waals surface area contributed by atoms with Crippen LogP contribution in [-0.2, 0) is 0 Å². The fourth-order valence-corrected chi connectivity index (χ4v) is 8.43. The van der Waals surface area contributed by atoms with Gasteiger partial charge in [-0.05, 0) is 99.1 Å². The molecule has 2 nitrogen and oxygen atoms in total. The van der Waals surface area contributed by atoms with Gasteiger partial charge in [-0.25, -0.2) is 0 Å². The second-order valence-corrected chi connectivity index (χ2v) is 13.8. The molecule has 2 aromatic heterocycles. The second-order valence-electron chi connectivity index (χ2n) is 13.8. The SMILES string of the molecule is c1ccc(-c2ccc3cc(-n4c5ccccc5c5cc(-c6ccc7c(c6)c6ccccc6n7-c6cccc7ccccc67)ccc54)ccc3c2)cc1. The summed E-state index contributed by atoms with van der Waals surface area (Å²) in [6.07, 6.45) is 0. The molecule has 0 unspecified atom stereocenters. The van der Waals surface area contributed by atoms with E-state index >= 15 is 0 Å². The average molecular weight is 661 g/mol. The lowest BCUT2D eigenvalue weighted by Crippen LogP contribution is -1.95. The summed E-state index contributed by atoms with van der Waals surface area (Å²) in [5.41, 5.74) is 12.1. The number of nitrogens with zero attached hydrogens (tertiary/aromatic N) is 2. The van der Waals surface area contributed by atoms with E-state index in [2.05, 4.69) is 203 Å². The third-order valence-corrected chi connectivity index (χ3v) is 10.9. The van der Waals surface area contributed by atoms with E-state index in [-0.39, 0.29) is 0 Å². The first-order valence-corrected chi connectivity index (χ1v) is 17.9. The highest BCUT2D eigenvalue weighted by Gasteiger charge is 2.17. The summed E-state index contributed by atoms with van der Waals surface area (Å²) in [6, 6.07) is 71.0. The van der Waals surface area contributed by atoms with Gasteiger partial charge in [-0.3, -0.25) is 0 Å². The number of para-hydroxylation sites is 2. The smallest absolute Gasteiger partial charge is 0.0541 e. The summed E-state index contributed by atoms with van der Waals surface area (Å²) < 4.78 is 4.85. The maximum Gasteiger partial charge on any atom is 0.0541 e. The van der Waals surface area contributed by atoms with Gasteiger partial charge in [0.1, 0.15) is 0 Å². The lowest BCUT2D eigenvalue weighted by molar-refractivity contribution is 1.19. The van der Waals surface area contributed by atoms with E-state index in [1.807, 2.05) is 0 Å². The van der Waals surface area contributed by atoms with Crippen LogP contribution in [0.5, 0.6) is 0 Å². The van der Waals surface area contributed by atoms with Crippen molar-refractivity contribution in [1.29, 1.82) is 0 Å². The van der Waals surface area contributed by atoms with Crippen molar-refractivity contribution < 1.29 is 0 Å². The van der Waals surface area contributed by atoms with Gasteiger partial charge in [0.2, 0.25) is 0 Å². The van der Waals surface area contributed by atoms with Gasteiger partial charge in [-0.1, -0.05) is 133 Å². The minimum absolute atomic E-state index is 1.17. The summed E-state index contributed by atoms with van der Waals surface area (Å²) in [4.78, 5) is 0. The molecule has 11 aromatic rings. The lowest BCUT2D eigenvalue weighted by atomic mass is 10.0. The molecule has 0 saturated heterocycles. The van der Waals surface area contributed by atoms with Crippen LogP contribution < -0.4 is 0 Å². The molecule has 11 rings (SSSR count). The highest BCUT2D eigenvalue weighted by molar-refractivity contribution is 6.13. The van der Waals surface area contributed by atoms with Crippen molar-refractivity contribution >= 4 is 65.2 Å². The van der Waals surface area contributed by atoms with Crippen molar-refractivity contribution in [3.8, 4) is 33.6 Å². The first kappa shape index (κ1) is 28.9. The van der Waals surface area contributed by atoms with Gasteiger partial charge in [-0.2, -0.15) is 0 Å². The molecular formula is C50H32N2. The van der Waals surface area contributed by atoms with Crippen molar-refractivity contribution in [2.24, 2.45) is 0 Å². The fourth-order valence-electron chi connectivity index (χ4n) is 8.43. The monoisotopic (exact) mass is 660 g/mol. The number of aromatic nitrogens is 2. The minimum atomic E-state index is 1.17. The third kappa shape index (κ3) is 4.38. The zero-order chi connectivity index (χ0) is 34.2. The first-order valence-electron chi connectivity index (χ1n) is 17.9. The van der Waals surface area contributed by atoms with Crippen molar-refractivity contribution in [2.75, 3.05) is 0 Å². The normalized spacial score (nSPS) is 11.8. The first-order chi connectivity index (χ1) is 25.8. The van der Waals surface area contributed by atoms with E-state index in [1.54, 1.807) is 0 Å². The Kier molecular flexibility index (Phi) is 6.28. The van der Waals surface area contributed by atoms with Crippen LogP contribution in [0, 0.1) is 0 Å². The quantitative estimate of drug-likeness (QED) is 0.178. The maximum atomic E-state index is 2.43. The molecule has 0 atom stereocenters. The Balaban J connectivity index is 1.06. The van der Waals surface area contributed by atoms with Crippen LogP contribution in [0.1, 0.15) is 0 Å². The largest absolute Gasteiger partial charge is 0.309 e. The second kappa shape index (κ2) is 11.3. The van der Waals surface area contributed by atoms with Crippen molar-refractivity contribution in [3.63, 3.8) is 0 Å². The molecule has 0 bridgehead atoms. The predicted octanol–water partition coefficient (Wildman–Crippen LogP) is 13.5. The Labute approximate surface area is 301 Å². The predicted molar refractivity (Wildman–Crippen MR) is 221 cm³/mol. The van der Waals surface area contributed by atoms with E-state index in [1.165, 1.54) is 98.8 Å². The van der Waals surface area contributed by atoms with Crippen molar-refractivity contribution in [3.05, 3.63) is 194 Å². The standard InChI is InChI=1S/C50H32N2/c1-2-11-33(12-3-1)35-21-22-37-30-40(26-23-36(37)29-35)51-47-18-8-6-16-42(47)44-31-38(24-27-49(44)51)39-25-28-50-45(32-39)43-17-7-9-19-48(43)52(50)46-20-10-14-34-13-4-5-15-41(34)46/h1-32H. The topological polar surface area (TPSA) is 9.86 Å². The number of hydrogen-bond donors (Lipinski definition) is 0. The summed E-state index contributed by atoms with van der Waals surface area (Å²) in [5, 5.41) is 10.0. The van der Waals surface area contributed by atoms with Gasteiger partial charge in [0.25, 0.3) is 0 Å². The number of hydrogen-bond acceptors (Lipinski definition) is 0. The summed E-state index contributed by atoms with van der Waals surface area (Å²) in [7, 11) is 0. The number of benzene rings is 9. The molecule has 0 amide bonds. The highest BCUT2D eigenvalue weighted by atomic mass is 15.0. The number of rotatable bonds is 4. The lowest BCUT2D eigenvalue weighted by Gasteiger charge is -2.12. The zero-order valence-electron chi connectivity index (χ0n) is 28.4. The summed E-state index contributed by atoms with van der Waals surface area (Å²) >= 11 is 0. The van der Waals surface area contributed by atoms with Gasteiger partial charge < -0.3 is 9.13 Å². The van der Waals surface area contributed by atoms with Gasteiger partial charge >= 0.3 is 0 Å². The molecule has 242 valence electrons. The van der Waals surface area contributed by atoms with Crippen LogP contribution >= 0.6 is 0 Å². The average Bonchev–Trinajstić information content (AvgIpc) is 3.72. The van der Waals surface area contributed by atoms with Crippen LogP contribution in [0.4, 0.5) is 0 Å². The van der Waals surface area contributed by atoms with E-state index in [0.717, 1.165) is 0 Å². The summed E-state index contributed by atoms with van der Waals surface area (Å²) in [5.74, 6) is 0. The summed E-state index contributed by atoms with van der Waals surface area (Å²) in [6.45, 7) is 0. The van der Waals surface area contributed by atoms with Crippen LogP contribution in [0.15, 0.2) is 194 Å². The minimum Gasteiger partial charge on any atom is -0.309 e. The van der Waals surface area contributed by atoms with E-state index < -0.39 is 0 Å². The Morgan fingerprint density at radius 3 is 1.52 bits per heavy atom. The molecule has 0 aliphatic carbocycles. The maximum absolute atomic E-state index is 2.43. The van der Waals surface area contributed by atoms with Crippen LogP contribution in [-0.4, -0.2) is 9.13 Å². The molecular weight excluding hydrogens is 629 g/mol. The molecule has 2 heterocycles. The van der Waals surface area contributed by atoms with Crippen molar-refractivity contribution in [1.82, 2.24) is 9.13 Å². The molecule has 0 fully saturated rings. The van der Waals surface area contributed by atoms with Crippen LogP contribution in [0.25, 0.3) is 98.8 Å². The van der Waals surface area contributed by atoms with Gasteiger partial charge in [0.15, 0.2) is 0 Å². The Bertz CT molecular complexity index is 3170. The Morgan fingerprint density at radius 1 is 0.250 bits per heavy atom. The Hall–Kier alpha value is -6.90. The number of fused-ring (bicyclic) bond motifs is 8. The van der Waals surface area contributed by atoms with E-state index in [4.69, 9.17) is 0 Å². The molecule has 0 radical (unpaired) electrons. The van der Waals surface area contributed by atoms with Crippen molar-refractivity contribution in [2.45, 2.75) is 0 Å². The molecule has 0 N–H and O–H groups in total. The van der Waals surface area contributed by atoms with Gasteiger partial charge in [0.05, 0.1) is 27.8 Å². The van der Waals surface area contributed by atoms with Crippen LogP contribution in [0.2, 0.25) is 0 Å². The molecule has 0 aliphatic heterocycles. The third-order valence-electron chi connectivity index (χ3n) is 10.9. The molecule has 2 heteroatoms. The van der Waals surface area contributed by atoms with Crippen LogP contribution in [0.3, 0.4) is 0 Å². The molecule has 0 spiro atoms.